The van der Waals surface area contributed by atoms with Gasteiger partial charge in [-0.05, 0) is 43.9 Å². The minimum Gasteiger partial charge on any atom is -0.338 e. The number of hydrogen-bond acceptors (Lipinski definition) is 4. The average Bonchev–Trinajstić information content (AvgIpc) is 3.12. The first-order valence-corrected chi connectivity index (χ1v) is 10.4. The molecule has 0 aliphatic carbocycles. The SMILES string of the molecule is Cc1cc(C(=O)N2CCCC3(CCC(=O)N(Cc4cccnc4)C3)C2)cs1. The van der Waals surface area contributed by atoms with Gasteiger partial charge in [0.1, 0.15) is 0 Å². The van der Waals surface area contributed by atoms with Crippen LogP contribution >= 0.6 is 11.3 Å². The van der Waals surface area contributed by atoms with Crippen molar-refractivity contribution in [2.75, 3.05) is 19.6 Å². The Morgan fingerprint density at radius 2 is 2.22 bits per heavy atom. The quantitative estimate of drug-likeness (QED) is 0.815. The first kappa shape index (κ1) is 18.2. The predicted octanol–water partition coefficient (Wildman–Crippen LogP) is 3.50. The normalized spacial score (nSPS) is 23.1. The number of carbonyl (C=O) groups excluding carboxylic acids is 2. The Balaban J connectivity index is 1.48. The highest BCUT2D eigenvalue weighted by molar-refractivity contribution is 7.10. The lowest BCUT2D eigenvalue weighted by Crippen LogP contribution is -2.54. The number of likely N-dealkylation sites (tertiary alicyclic amines) is 2. The van der Waals surface area contributed by atoms with Crippen LogP contribution in [0.2, 0.25) is 0 Å². The van der Waals surface area contributed by atoms with Crippen molar-refractivity contribution in [2.45, 2.75) is 39.2 Å². The first-order valence-electron chi connectivity index (χ1n) is 9.56. The maximum atomic E-state index is 12.9. The van der Waals surface area contributed by atoms with Gasteiger partial charge < -0.3 is 9.80 Å². The molecule has 2 aliphatic rings. The van der Waals surface area contributed by atoms with E-state index in [2.05, 4.69) is 4.98 Å². The van der Waals surface area contributed by atoms with Crippen LogP contribution in [0.1, 0.15) is 46.5 Å². The number of carbonyl (C=O) groups is 2. The molecule has 0 saturated carbocycles. The van der Waals surface area contributed by atoms with Gasteiger partial charge >= 0.3 is 0 Å². The number of pyridine rings is 1. The van der Waals surface area contributed by atoms with Gasteiger partial charge in [0.05, 0.1) is 5.56 Å². The molecule has 4 heterocycles. The van der Waals surface area contributed by atoms with E-state index in [0.717, 1.165) is 54.9 Å². The van der Waals surface area contributed by atoms with Gasteiger partial charge in [-0.15, -0.1) is 11.3 Å². The van der Waals surface area contributed by atoms with Gasteiger partial charge in [0, 0.05) is 60.7 Å². The van der Waals surface area contributed by atoms with Crippen LogP contribution in [0.3, 0.4) is 0 Å². The smallest absolute Gasteiger partial charge is 0.254 e. The van der Waals surface area contributed by atoms with Crippen molar-refractivity contribution in [3.63, 3.8) is 0 Å². The number of amides is 2. The van der Waals surface area contributed by atoms with Crippen LogP contribution in [-0.4, -0.2) is 46.2 Å². The van der Waals surface area contributed by atoms with E-state index in [4.69, 9.17) is 0 Å². The average molecular weight is 384 g/mol. The van der Waals surface area contributed by atoms with E-state index in [-0.39, 0.29) is 17.2 Å². The van der Waals surface area contributed by atoms with Crippen LogP contribution in [0.4, 0.5) is 0 Å². The van der Waals surface area contributed by atoms with Crippen LogP contribution in [0.25, 0.3) is 0 Å². The molecule has 0 N–H and O–H groups in total. The van der Waals surface area contributed by atoms with Gasteiger partial charge in [-0.2, -0.15) is 0 Å². The highest BCUT2D eigenvalue weighted by Crippen LogP contribution is 2.39. The second-order valence-electron chi connectivity index (χ2n) is 7.89. The highest BCUT2D eigenvalue weighted by atomic mass is 32.1. The van der Waals surface area contributed by atoms with Gasteiger partial charge in [0.25, 0.3) is 5.91 Å². The summed E-state index contributed by atoms with van der Waals surface area (Å²) in [6, 6.07) is 5.90. The predicted molar refractivity (Wildman–Crippen MR) is 106 cm³/mol. The molecule has 0 bridgehead atoms. The summed E-state index contributed by atoms with van der Waals surface area (Å²) in [6.45, 7) is 4.92. The number of thiophene rings is 1. The van der Waals surface area contributed by atoms with E-state index in [9.17, 15) is 9.59 Å². The summed E-state index contributed by atoms with van der Waals surface area (Å²) in [4.78, 5) is 34.7. The van der Waals surface area contributed by atoms with E-state index in [1.807, 2.05) is 46.5 Å². The zero-order valence-corrected chi connectivity index (χ0v) is 16.5. The maximum Gasteiger partial charge on any atom is 0.254 e. The monoisotopic (exact) mass is 383 g/mol. The molecule has 1 unspecified atom stereocenters. The van der Waals surface area contributed by atoms with Crippen molar-refractivity contribution < 1.29 is 9.59 Å². The summed E-state index contributed by atoms with van der Waals surface area (Å²) in [6.07, 6.45) is 7.10. The van der Waals surface area contributed by atoms with Crippen LogP contribution in [0, 0.1) is 12.3 Å². The lowest BCUT2D eigenvalue weighted by Gasteiger charge is -2.48. The Bertz CT molecular complexity index is 835. The molecule has 2 amide bonds. The minimum atomic E-state index is 0.0229. The van der Waals surface area contributed by atoms with Crippen molar-refractivity contribution in [1.29, 1.82) is 0 Å². The summed E-state index contributed by atoms with van der Waals surface area (Å²) < 4.78 is 0. The number of aromatic nitrogens is 1. The zero-order valence-electron chi connectivity index (χ0n) is 15.7. The van der Waals surface area contributed by atoms with E-state index >= 15 is 0 Å². The van der Waals surface area contributed by atoms with Crippen molar-refractivity contribution in [3.8, 4) is 0 Å². The lowest BCUT2D eigenvalue weighted by atomic mass is 9.73. The lowest BCUT2D eigenvalue weighted by molar-refractivity contribution is -0.139. The number of hydrogen-bond donors (Lipinski definition) is 0. The molecule has 6 heteroatoms. The molecule has 27 heavy (non-hydrogen) atoms. The van der Waals surface area contributed by atoms with Crippen LogP contribution in [-0.2, 0) is 11.3 Å². The topological polar surface area (TPSA) is 53.5 Å². The number of piperidine rings is 2. The fourth-order valence-corrected chi connectivity index (χ4v) is 5.09. The Morgan fingerprint density at radius 3 is 2.96 bits per heavy atom. The Kier molecular flexibility index (Phi) is 5.00. The van der Waals surface area contributed by atoms with E-state index in [0.29, 0.717) is 13.0 Å². The summed E-state index contributed by atoms with van der Waals surface area (Å²) in [5.74, 6) is 0.343. The number of nitrogens with zero attached hydrogens (tertiary/aromatic N) is 3. The van der Waals surface area contributed by atoms with Crippen LogP contribution in [0.5, 0.6) is 0 Å². The Labute approximate surface area is 164 Å². The molecule has 2 aromatic rings. The van der Waals surface area contributed by atoms with E-state index < -0.39 is 0 Å². The van der Waals surface area contributed by atoms with E-state index in [1.165, 1.54) is 0 Å². The van der Waals surface area contributed by atoms with Gasteiger partial charge in [0.15, 0.2) is 0 Å². The molecule has 0 aromatic carbocycles. The zero-order chi connectivity index (χ0) is 18.9. The highest BCUT2D eigenvalue weighted by Gasteiger charge is 2.42. The molecule has 142 valence electrons. The fourth-order valence-electron chi connectivity index (χ4n) is 4.41. The molecular weight excluding hydrogens is 358 g/mol. The summed E-state index contributed by atoms with van der Waals surface area (Å²) in [5.41, 5.74) is 1.88. The summed E-state index contributed by atoms with van der Waals surface area (Å²) >= 11 is 1.62. The second kappa shape index (κ2) is 7.43. The maximum absolute atomic E-state index is 12.9. The molecular formula is C21H25N3O2S. The molecule has 2 saturated heterocycles. The third kappa shape index (κ3) is 3.90. The van der Waals surface area contributed by atoms with Crippen molar-refractivity contribution in [3.05, 3.63) is 52.0 Å². The molecule has 2 aromatic heterocycles. The Morgan fingerprint density at radius 1 is 1.33 bits per heavy atom. The molecule has 2 aliphatic heterocycles. The molecule has 4 rings (SSSR count). The van der Waals surface area contributed by atoms with Gasteiger partial charge in [-0.25, -0.2) is 0 Å². The molecule has 5 nitrogen and oxygen atoms in total. The summed E-state index contributed by atoms with van der Waals surface area (Å²) in [7, 11) is 0. The van der Waals surface area contributed by atoms with Crippen LogP contribution in [0.15, 0.2) is 36.0 Å². The van der Waals surface area contributed by atoms with Crippen molar-refractivity contribution in [2.24, 2.45) is 5.41 Å². The second-order valence-corrected chi connectivity index (χ2v) is 9.00. The molecule has 1 spiro atoms. The third-order valence-corrected chi connectivity index (χ3v) is 6.63. The van der Waals surface area contributed by atoms with Crippen LogP contribution < -0.4 is 0 Å². The van der Waals surface area contributed by atoms with Gasteiger partial charge in [-0.3, -0.25) is 14.6 Å². The minimum absolute atomic E-state index is 0.0229. The van der Waals surface area contributed by atoms with Crippen molar-refractivity contribution >= 4 is 23.2 Å². The molecule has 1 atom stereocenters. The van der Waals surface area contributed by atoms with Gasteiger partial charge in [0.2, 0.25) is 5.91 Å². The third-order valence-electron chi connectivity index (χ3n) is 5.77. The standard InChI is InChI=1S/C21H25N3O2S/c1-16-10-18(13-27-16)20(26)23-9-3-6-21(14-23)7-5-19(25)24(15-21)12-17-4-2-8-22-11-17/h2,4,8,10-11,13H,3,5-7,9,12,14-15H2,1H3. The number of aryl methyl sites for hydroxylation is 1. The molecule has 2 fully saturated rings. The molecule has 0 radical (unpaired) electrons. The van der Waals surface area contributed by atoms with Gasteiger partial charge in [-0.1, -0.05) is 6.07 Å². The van der Waals surface area contributed by atoms with Crippen molar-refractivity contribution in [1.82, 2.24) is 14.8 Å². The summed E-state index contributed by atoms with van der Waals surface area (Å²) in [5, 5.41) is 1.96. The largest absolute Gasteiger partial charge is 0.338 e. The first-order chi connectivity index (χ1) is 13.0. The Hall–Kier alpha value is -2.21. The van der Waals surface area contributed by atoms with E-state index in [1.54, 1.807) is 17.5 Å². The number of rotatable bonds is 3. The fraction of sp³-hybridized carbons (Fsp3) is 0.476.